The van der Waals surface area contributed by atoms with E-state index in [0.29, 0.717) is 16.9 Å². The molecule has 6 nitrogen and oxygen atoms in total. The Hall–Kier alpha value is -3.93. The van der Waals surface area contributed by atoms with Crippen LogP contribution in [0.1, 0.15) is 20.7 Å². The Morgan fingerprint density at radius 2 is 1.25 bits per heavy atom. The molecule has 0 radical (unpaired) electrons. The van der Waals surface area contributed by atoms with Gasteiger partial charge in [0.15, 0.2) is 0 Å². The molecular weight excluding hydrogens is 354 g/mol. The molecule has 0 heterocycles. The summed E-state index contributed by atoms with van der Waals surface area (Å²) < 4.78 is 0. The van der Waals surface area contributed by atoms with Gasteiger partial charge in [0.1, 0.15) is 0 Å². The lowest BCUT2D eigenvalue weighted by molar-refractivity contribution is -0.115. The number of para-hydroxylation sites is 2. The second-order valence-corrected chi connectivity index (χ2v) is 5.96. The van der Waals surface area contributed by atoms with Crippen LogP contribution >= 0.6 is 0 Å². The molecule has 0 saturated heterocycles. The minimum Gasteiger partial charge on any atom is -0.343 e. The molecule has 0 bridgehead atoms. The zero-order chi connectivity index (χ0) is 19.8. The third-order valence-electron chi connectivity index (χ3n) is 3.92. The Kier molecular flexibility index (Phi) is 6.15. The minimum absolute atomic E-state index is 0.186. The van der Waals surface area contributed by atoms with Crippen LogP contribution in [-0.2, 0) is 4.79 Å². The van der Waals surface area contributed by atoms with Crippen LogP contribution in [0.25, 0.3) is 0 Å². The number of benzene rings is 3. The number of carbonyl (C=O) groups is 3. The van der Waals surface area contributed by atoms with Crippen molar-refractivity contribution in [2.45, 2.75) is 0 Å². The highest BCUT2D eigenvalue weighted by atomic mass is 16.2. The van der Waals surface area contributed by atoms with E-state index in [9.17, 15) is 14.4 Å². The Morgan fingerprint density at radius 1 is 0.643 bits per heavy atom. The monoisotopic (exact) mass is 373 g/mol. The van der Waals surface area contributed by atoms with Crippen molar-refractivity contribution < 1.29 is 14.4 Å². The average Bonchev–Trinajstić information content (AvgIpc) is 2.74. The second kappa shape index (κ2) is 9.14. The summed E-state index contributed by atoms with van der Waals surface area (Å²) in [7, 11) is 0. The molecule has 3 amide bonds. The first kappa shape index (κ1) is 18.8. The number of rotatable bonds is 6. The number of hydrogen-bond acceptors (Lipinski definition) is 3. The van der Waals surface area contributed by atoms with Gasteiger partial charge in [-0.15, -0.1) is 0 Å². The summed E-state index contributed by atoms with van der Waals surface area (Å²) >= 11 is 0. The summed E-state index contributed by atoms with van der Waals surface area (Å²) in [4.78, 5) is 36.8. The van der Waals surface area contributed by atoms with Gasteiger partial charge in [-0.3, -0.25) is 14.4 Å². The number of hydrogen-bond donors (Lipinski definition) is 3. The Bertz CT molecular complexity index is 973. The van der Waals surface area contributed by atoms with E-state index in [1.165, 1.54) is 0 Å². The Labute approximate surface area is 162 Å². The van der Waals surface area contributed by atoms with Crippen molar-refractivity contribution in [2.24, 2.45) is 0 Å². The first-order chi connectivity index (χ1) is 13.6. The van der Waals surface area contributed by atoms with Crippen LogP contribution in [0, 0.1) is 0 Å². The average molecular weight is 373 g/mol. The van der Waals surface area contributed by atoms with Crippen molar-refractivity contribution in [1.29, 1.82) is 0 Å². The van der Waals surface area contributed by atoms with E-state index in [2.05, 4.69) is 16.0 Å². The molecule has 3 rings (SSSR count). The van der Waals surface area contributed by atoms with Crippen LogP contribution in [0.2, 0.25) is 0 Å². The summed E-state index contributed by atoms with van der Waals surface area (Å²) in [6.07, 6.45) is 0. The first-order valence-electron chi connectivity index (χ1n) is 8.72. The van der Waals surface area contributed by atoms with E-state index < -0.39 is 5.91 Å². The highest BCUT2D eigenvalue weighted by Gasteiger charge is 2.14. The maximum Gasteiger partial charge on any atom is 0.255 e. The molecule has 3 aromatic rings. The summed E-state index contributed by atoms with van der Waals surface area (Å²) in [6, 6.07) is 24.3. The molecule has 6 heteroatoms. The van der Waals surface area contributed by atoms with Gasteiger partial charge in [-0.1, -0.05) is 48.5 Å². The number of anilines is 2. The van der Waals surface area contributed by atoms with Gasteiger partial charge in [-0.05, 0) is 36.4 Å². The molecule has 0 aliphatic rings. The predicted molar refractivity (Wildman–Crippen MR) is 108 cm³/mol. The Morgan fingerprint density at radius 3 is 1.96 bits per heavy atom. The fraction of sp³-hybridized carbons (Fsp3) is 0.0455. The summed E-state index contributed by atoms with van der Waals surface area (Å²) in [6.45, 7) is -0.186. The summed E-state index contributed by atoms with van der Waals surface area (Å²) in [5.74, 6) is -1.11. The SMILES string of the molecule is O=C(CNC(=O)c1ccccc1NC(=O)c1ccccc1)Nc1ccccc1. The quantitative estimate of drug-likeness (QED) is 0.619. The standard InChI is InChI=1S/C22H19N3O3/c26-20(24-17-11-5-2-6-12-17)15-23-22(28)18-13-7-8-14-19(18)25-21(27)16-9-3-1-4-10-16/h1-14H,15H2,(H,23,28)(H,24,26)(H,25,27). The van der Waals surface area contributed by atoms with Crippen molar-refractivity contribution in [3.63, 3.8) is 0 Å². The number of amides is 3. The highest BCUT2D eigenvalue weighted by molar-refractivity contribution is 6.09. The molecule has 0 fully saturated rings. The van der Waals surface area contributed by atoms with Crippen molar-refractivity contribution in [1.82, 2.24) is 5.32 Å². The van der Waals surface area contributed by atoms with Crippen LogP contribution in [-0.4, -0.2) is 24.3 Å². The van der Waals surface area contributed by atoms with Gasteiger partial charge >= 0.3 is 0 Å². The van der Waals surface area contributed by atoms with Crippen molar-refractivity contribution in [3.8, 4) is 0 Å². The van der Waals surface area contributed by atoms with Crippen LogP contribution < -0.4 is 16.0 Å². The molecule has 0 aromatic heterocycles. The molecule has 0 spiro atoms. The Balaban J connectivity index is 1.62. The van der Waals surface area contributed by atoms with Crippen molar-refractivity contribution in [3.05, 3.63) is 96.1 Å². The summed E-state index contributed by atoms with van der Waals surface area (Å²) in [5, 5.41) is 8.00. The topological polar surface area (TPSA) is 87.3 Å². The number of nitrogens with one attached hydrogen (secondary N) is 3. The lowest BCUT2D eigenvalue weighted by Crippen LogP contribution is -2.33. The predicted octanol–water partition coefficient (Wildman–Crippen LogP) is 3.31. The third kappa shape index (κ3) is 5.04. The van der Waals surface area contributed by atoms with Crippen molar-refractivity contribution in [2.75, 3.05) is 17.2 Å². The highest BCUT2D eigenvalue weighted by Crippen LogP contribution is 2.16. The minimum atomic E-state index is -0.452. The molecule has 0 unspecified atom stereocenters. The number of carbonyl (C=O) groups excluding carboxylic acids is 3. The van der Waals surface area contributed by atoms with E-state index in [4.69, 9.17) is 0 Å². The summed E-state index contributed by atoms with van der Waals surface area (Å²) in [5.41, 5.74) is 1.79. The third-order valence-corrected chi connectivity index (χ3v) is 3.92. The normalized spacial score (nSPS) is 10.0. The van der Waals surface area contributed by atoms with E-state index >= 15 is 0 Å². The molecular formula is C22H19N3O3. The molecule has 3 N–H and O–H groups in total. The zero-order valence-electron chi connectivity index (χ0n) is 15.0. The van der Waals surface area contributed by atoms with Gasteiger partial charge in [0, 0.05) is 11.3 Å². The molecule has 0 aliphatic carbocycles. The fourth-order valence-electron chi connectivity index (χ4n) is 2.56. The van der Waals surface area contributed by atoms with E-state index in [1.807, 2.05) is 12.1 Å². The van der Waals surface area contributed by atoms with Gasteiger partial charge in [-0.2, -0.15) is 0 Å². The lowest BCUT2D eigenvalue weighted by atomic mass is 10.1. The van der Waals surface area contributed by atoms with Crippen LogP contribution in [0.4, 0.5) is 11.4 Å². The van der Waals surface area contributed by atoms with E-state index in [0.717, 1.165) is 0 Å². The van der Waals surface area contributed by atoms with E-state index in [1.54, 1.807) is 72.8 Å². The van der Waals surface area contributed by atoms with E-state index in [-0.39, 0.29) is 23.9 Å². The van der Waals surface area contributed by atoms with Gasteiger partial charge in [0.05, 0.1) is 17.8 Å². The van der Waals surface area contributed by atoms with Gasteiger partial charge in [-0.25, -0.2) is 0 Å². The van der Waals surface area contributed by atoms with Crippen LogP contribution in [0.15, 0.2) is 84.9 Å². The molecule has 0 aliphatic heterocycles. The first-order valence-corrected chi connectivity index (χ1v) is 8.72. The maximum atomic E-state index is 12.5. The molecule has 0 saturated carbocycles. The smallest absolute Gasteiger partial charge is 0.255 e. The lowest BCUT2D eigenvalue weighted by Gasteiger charge is -2.12. The van der Waals surface area contributed by atoms with Crippen LogP contribution in [0.5, 0.6) is 0 Å². The molecule has 3 aromatic carbocycles. The van der Waals surface area contributed by atoms with Crippen molar-refractivity contribution >= 4 is 29.1 Å². The second-order valence-electron chi connectivity index (χ2n) is 5.96. The van der Waals surface area contributed by atoms with Gasteiger partial charge in [0.2, 0.25) is 5.91 Å². The molecule has 0 atom stereocenters. The van der Waals surface area contributed by atoms with Gasteiger partial charge in [0.25, 0.3) is 11.8 Å². The largest absolute Gasteiger partial charge is 0.343 e. The van der Waals surface area contributed by atoms with Crippen LogP contribution in [0.3, 0.4) is 0 Å². The zero-order valence-corrected chi connectivity index (χ0v) is 15.0. The molecule has 28 heavy (non-hydrogen) atoms. The molecule has 140 valence electrons. The maximum absolute atomic E-state index is 12.5. The van der Waals surface area contributed by atoms with Gasteiger partial charge < -0.3 is 16.0 Å². The fourth-order valence-corrected chi connectivity index (χ4v) is 2.56.